The van der Waals surface area contributed by atoms with Gasteiger partial charge in [-0.25, -0.2) is 14.4 Å². The van der Waals surface area contributed by atoms with Crippen molar-refractivity contribution in [2.24, 2.45) is 5.92 Å². The van der Waals surface area contributed by atoms with Crippen LogP contribution in [0, 0.1) is 5.92 Å². The number of fused-ring (bicyclic) bond motifs is 1. The summed E-state index contributed by atoms with van der Waals surface area (Å²) in [5, 5.41) is 9.38. The first kappa shape index (κ1) is 28.8. The summed E-state index contributed by atoms with van der Waals surface area (Å²) in [6, 6.07) is 0. The van der Waals surface area contributed by atoms with Crippen LogP contribution in [0.5, 0.6) is 0 Å². The first-order valence-electron chi connectivity index (χ1n) is 11.7. The first-order chi connectivity index (χ1) is 17.0. The lowest BCUT2D eigenvalue weighted by atomic mass is 9.85. The molecule has 0 saturated carbocycles. The average molecular weight is 503 g/mol. The van der Waals surface area contributed by atoms with Crippen LogP contribution < -0.4 is 0 Å². The van der Waals surface area contributed by atoms with Gasteiger partial charge in [-0.15, -0.1) is 0 Å². The van der Waals surface area contributed by atoms with Crippen LogP contribution in [-0.2, 0) is 38.1 Å². The van der Waals surface area contributed by atoms with Crippen LogP contribution in [0.4, 0.5) is 0 Å². The molecule has 1 fully saturated rings. The molecule has 1 aliphatic heterocycles. The molecule has 0 radical (unpaired) electrons. The van der Waals surface area contributed by atoms with E-state index in [0.29, 0.717) is 17.6 Å². The lowest BCUT2D eigenvalue weighted by Crippen LogP contribution is -2.35. The minimum absolute atomic E-state index is 0.0393. The summed E-state index contributed by atoms with van der Waals surface area (Å²) >= 11 is 0. The molecule has 0 aromatic rings. The fourth-order valence-corrected chi connectivity index (χ4v) is 3.92. The van der Waals surface area contributed by atoms with Crippen molar-refractivity contribution in [3.05, 3.63) is 58.7 Å². The average Bonchev–Trinajstić information content (AvgIpc) is 3.09. The molecule has 196 valence electrons. The third-order valence-electron chi connectivity index (χ3n) is 6.08. The molecular formula is C27H34O9. The van der Waals surface area contributed by atoms with Gasteiger partial charge < -0.3 is 24.1 Å². The number of aliphatic hydroxyl groups excluding tert-OH is 1. The second-order valence-corrected chi connectivity index (χ2v) is 8.82. The highest BCUT2D eigenvalue weighted by Crippen LogP contribution is 2.36. The largest absolute Gasteiger partial charge is 0.458 e. The minimum Gasteiger partial charge on any atom is -0.458 e. The van der Waals surface area contributed by atoms with Gasteiger partial charge in [0.25, 0.3) is 0 Å². The van der Waals surface area contributed by atoms with Crippen molar-refractivity contribution < 1.29 is 43.2 Å². The topological polar surface area (TPSA) is 125 Å². The van der Waals surface area contributed by atoms with Crippen LogP contribution in [-0.4, -0.2) is 60.5 Å². The molecule has 0 aromatic carbocycles. The van der Waals surface area contributed by atoms with Gasteiger partial charge >= 0.3 is 23.9 Å². The molecule has 0 amide bonds. The van der Waals surface area contributed by atoms with Gasteiger partial charge in [-0.3, -0.25) is 4.79 Å². The summed E-state index contributed by atoms with van der Waals surface area (Å²) < 4.78 is 21.9. The normalized spacial score (nSPS) is 28.1. The van der Waals surface area contributed by atoms with Crippen molar-refractivity contribution in [1.29, 1.82) is 0 Å². The number of rotatable bonds is 7. The van der Waals surface area contributed by atoms with Crippen molar-refractivity contribution in [2.75, 3.05) is 13.2 Å². The van der Waals surface area contributed by atoms with Gasteiger partial charge in [-0.2, -0.15) is 0 Å². The molecule has 4 atom stereocenters. The monoisotopic (exact) mass is 502 g/mol. The van der Waals surface area contributed by atoms with Gasteiger partial charge in [0.2, 0.25) is 0 Å². The van der Waals surface area contributed by atoms with E-state index < -0.39 is 61.3 Å². The molecule has 9 heteroatoms. The van der Waals surface area contributed by atoms with Crippen LogP contribution >= 0.6 is 0 Å². The quantitative estimate of drug-likeness (QED) is 0.242. The van der Waals surface area contributed by atoms with Crippen molar-refractivity contribution in [2.45, 2.75) is 65.8 Å². The molecule has 0 unspecified atom stereocenters. The first-order valence-corrected chi connectivity index (χ1v) is 11.7. The molecule has 1 N–H and O–H groups in total. The number of aliphatic hydroxyl groups is 1. The molecule has 0 aromatic heterocycles. The molecule has 1 heterocycles. The Bertz CT molecular complexity index is 1030. The van der Waals surface area contributed by atoms with Crippen molar-refractivity contribution in [1.82, 2.24) is 0 Å². The molecule has 0 spiro atoms. The van der Waals surface area contributed by atoms with Gasteiger partial charge in [0, 0.05) is 30.9 Å². The number of carbonyl (C=O) groups is 4. The van der Waals surface area contributed by atoms with Crippen LogP contribution in [0.1, 0.15) is 47.5 Å². The number of hydrogen-bond acceptors (Lipinski definition) is 9. The van der Waals surface area contributed by atoms with E-state index in [1.165, 1.54) is 13.0 Å². The maximum absolute atomic E-state index is 13.1. The molecule has 9 nitrogen and oxygen atoms in total. The summed E-state index contributed by atoms with van der Waals surface area (Å²) in [4.78, 5) is 49.1. The Morgan fingerprint density at radius 2 is 1.89 bits per heavy atom. The molecule has 1 saturated heterocycles. The number of ether oxygens (including phenoxy) is 4. The Morgan fingerprint density at radius 1 is 1.19 bits per heavy atom. The second kappa shape index (κ2) is 13.0. The fourth-order valence-electron chi connectivity index (χ4n) is 3.92. The molecule has 2 rings (SSSR count). The third kappa shape index (κ3) is 7.52. The van der Waals surface area contributed by atoms with E-state index in [4.69, 9.17) is 18.9 Å². The van der Waals surface area contributed by atoms with E-state index in [9.17, 15) is 24.3 Å². The Balaban J connectivity index is 2.35. The lowest BCUT2D eigenvalue weighted by Gasteiger charge is -2.28. The fraction of sp³-hybridized carbons (Fsp3) is 0.481. The molecule has 1 aliphatic carbocycles. The highest BCUT2D eigenvalue weighted by atomic mass is 16.6. The van der Waals surface area contributed by atoms with Gasteiger partial charge in [-0.05, 0) is 45.4 Å². The smallest absolute Gasteiger partial charge is 0.337 e. The van der Waals surface area contributed by atoms with E-state index in [0.717, 1.165) is 5.57 Å². The summed E-state index contributed by atoms with van der Waals surface area (Å²) in [6.07, 6.45) is 4.88. The Kier molecular flexibility index (Phi) is 10.4. The van der Waals surface area contributed by atoms with Crippen molar-refractivity contribution in [3.63, 3.8) is 0 Å². The predicted octanol–water partition coefficient (Wildman–Crippen LogP) is 3.04. The standard InChI is InChI=1S/C27H34O9/c1-7-16(3)25(30)33-14-20(10-11-28)27(32)36-22-12-15(2)8-9-21(34-19(6)29)17(4)13-23-24(22)18(5)26(31)35-23/h7-8,10,13,21-24,28H,5,9,11-12,14H2,1-4,6H3/b15-8+,16-7+,17-13-,20-10+/t21-,22+,23-,24+/m0/s1. The number of carbonyl (C=O) groups excluding carboxylic acids is 4. The maximum Gasteiger partial charge on any atom is 0.337 e. The van der Waals surface area contributed by atoms with Crippen molar-refractivity contribution >= 4 is 23.9 Å². The van der Waals surface area contributed by atoms with Crippen LogP contribution in [0.3, 0.4) is 0 Å². The summed E-state index contributed by atoms with van der Waals surface area (Å²) in [5.41, 5.74) is 2.01. The van der Waals surface area contributed by atoms with Crippen molar-refractivity contribution in [3.8, 4) is 0 Å². The molecule has 0 bridgehead atoms. The van der Waals surface area contributed by atoms with E-state index in [1.807, 2.05) is 13.0 Å². The molecule has 36 heavy (non-hydrogen) atoms. The highest BCUT2D eigenvalue weighted by Gasteiger charge is 2.45. The minimum atomic E-state index is -0.831. The third-order valence-corrected chi connectivity index (χ3v) is 6.08. The van der Waals surface area contributed by atoms with Gasteiger partial charge in [0.05, 0.1) is 18.1 Å². The zero-order chi connectivity index (χ0) is 27.0. The molecular weight excluding hydrogens is 468 g/mol. The van der Waals surface area contributed by atoms with E-state index in [1.54, 1.807) is 32.9 Å². The number of hydrogen-bond donors (Lipinski definition) is 1. The van der Waals surface area contributed by atoms with Crippen LogP contribution in [0.15, 0.2) is 58.7 Å². The van der Waals surface area contributed by atoms with Gasteiger partial charge in [0.1, 0.15) is 24.9 Å². The lowest BCUT2D eigenvalue weighted by molar-refractivity contribution is -0.149. The number of esters is 4. The second-order valence-electron chi connectivity index (χ2n) is 8.82. The number of allylic oxidation sites excluding steroid dienone is 1. The van der Waals surface area contributed by atoms with E-state index in [2.05, 4.69) is 6.58 Å². The zero-order valence-electron chi connectivity index (χ0n) is 21.4. The van der Waals surface area contributed by atoms with E-state index in [-0.39, 0.29) is 17.6 Å². The Hall–Kier alpha value is -3.46. The van der Waals surface area contributed by atoms with Crippen LogP contribution in [0.25, 0.3) is 0 Å². The Morgan fingerprint density at radius 3 is 2.50 bits per heavy atom. The SMILES string of the molecule is C=C1C(=O)O[C@H]2/C=C(/C)[C@@H](OC(C)=O)C/C=C(\C)C[C@@H](OC(=O)/C(=C/CO)COC(=O)/C(C)=C/C)[C@@H]12. The van der Waals surface area contributed by atoms with Gasteiger partial charge in [-0.1, -0.05) is 24.3 Å². The van der Waals surface area contributed by atoms with Gasteiger partial charge in [0.15, 0.2) is 0 Å². The Labute approximate surface area is 211 Å². The summed E-state index contributed by atoms with van der Waals surface area (Å²) in [7, 11) is 0. The predicted molar refractivity (Wildman–Crippen MR) is 130 cm³/mol. The summed E-state index contributed by atoms with van der Waals surface area (Å²) in [6.45, 7) is 11.2. The highest BCUT2D eigenvalue weighted by molar-refractivity contribution is 5.93. The zero-order valence-corrected chi connectivity index (χ0v) is 21.4. The molecule has 2 aliphatic rings. The van der Waals surface area contributed by atoms with E-state index >= 15 is 0 Å². The summed E-state index contributed by atoms with van der Waals surface area (Å²) in [5.74, 6) is -3.13. The van der Waals surface area contributed by atoms with Crippen LogP contribution in [0.2, 0.25) is 0 Å². The maximum atomic E-state index is 13.1.